The predicted octanol–water partition coefficient (Wildman–Crippen LogP) is 1.17. The van der Waals surface area contributed by atoms with Crippen molar-refractivity contribution in [2.75, 3.05) is 7.11 Å². The molecule has 0 unspecified atom stereocenters. The summed E-state index contributed by atoms with van der Waals surface area (Å²) < 4.78 is 38.1. The molecule has 6 nitrogen and oxygen atoms in total. The Hall–Kier alpha value is -1.77. The maximum absolute atomic E-state index is 10.9. The second-order valence-corrected chi connectivity index (χ2v) is 6.36. The molecule has 0 spiro atoms. The van der Waals surface area contributed by atoms with Crippen LogP contribution in [0.5, 0.6) is 5.75 Å². The number of fused-ring (bicyclic) bond motifs is 1. The summed E-state index contributed by atoms with van der Waals surface area (Å²) in [6.45, 7) is 0. The summed E-state index contributed by atoms with van der Waals surface area (Å²) >= 11 is 0. The normalized spacial score (nSPS) is 11.4. The van der Waals surface area contributed by atoms with E-state index in [1.54, 1.807) is 13.2 Å². The monoisotopic (exact) mass is 364 g/mol. The molecule has 0 bridgehead atoms. The zero-order valence-electron chi connectivity index (χ0n) is 13.7. The van der Waals surface area contributed by atoms with Gasteiger partial charge in [0, 0.05) is 10.8 Å². The van der Waals surface area contributed by atoms with Crippen molar-refractivity contribution in [1.82, 2.24) is 0 Å². The molecular formula is C17H13N2NaO4S. The van der Waals surface area contributed by atoms with Crippen molar-refractivity contribution < 1.29 is 47.3 Å². The third-order valence-electron chi connectivity index (χ3n) is 3.48. The Labute approximate surface area is 167 Å². The summed E-state index contributed by atoms with van der Waals surface area (Å²) in [7, 11) is -2.85. The molecule has 3 aromatic rings. The standard InChI is InChI=1S/C17H14N2O4S.Na/c1-23-17-11-10-16(14-4-2-3-5-15(14)17)19-18-12-6-8-13(9-7-12)24(20,21)22;/h2-11H,1H3,(H,20,21,22);/q;+1/p-1. The van der Waals surface area contributed by atoms with E-state index >= 15 is 0 Å². The number of benzene rings is 3. The molecule has 0 saturated carbocycles. The Morgan fingerprint density at radius 3 is 2.12 bits per heavy atom. The van der Waals surface area contributed by atoms with E-state index in [0.717, 1.165) is 16.5 Å². The smallest absolute Gasteiger partial charge is 0.744 e. The summed E-state index contributed by atoms with van der Waals surface area (Å²) in [5.74, 6) is 0.745. The Morgan fingerprint density at radius 2 is 1.52 bits per heavy atom. The molecule has 0 aliphatic rings. The summed E-state index contributed by atoms with van der Waals surface area (Å²) in [4.78, 5) is -0.295. The molecule has 0 aliphatic carbocycles. The largest absolute Gasteiger partial charge is 1.00 e. The first-order valence-electron chi connectivity index (χ1n) is 7.02. The van der Waals surface area contributed by atoms with Crippen LogP contribution >= 0.6 is 0 Å². The second-order valence-electron chi connectivity index (χ2n) is 4.98. The minimum absolute atomic E-state index is 0. The molecule has 25 heavy (non-hydrogen) atoms. The van der Waals surface area contributed by atoms with Gasteiger partial charge < -0.3 is 9.29 Å². The van der Waals surface area contributed by atoms with Crippen LogP contribution in [-0.2, 0) is 10.1 Å². The van der Waals surface area contributed by atoms with Gasteiger partial charge in [-0.1, -0.05) is 24.3 Å². The van der Waals surface area contributed by atoms with Crippen LogP contribution in [-0.4, -0.2) is 20.1 Å². The molecule has 0 N–H and O–H groups in total. The van der Waals surface area contributed by atoms with Crippen LogP contribution in [0.3, 0.4) is 0 Å². The molecular weight excluding hydrogens is 351 g/mol. The van der Waals surface area contributed by atoms with Gasteiger partial charge in [0.2, 0.25) is 0 Å². The van der Waals surface area contributed by atoms with E-state index in [9.17, 15) is 13.0 Å². The van der Waals surface area contributed by atoms with Crippen LogP contribution in [0, 0.1) is 0 Å². The zero-order valence-corrected chi connectivity index (χ0v) is 16.5. The average Bonchev–Trinajstić information content (AvgIpc) is 2.59. The quantitative estimate of drug-likeness (QED) is 0.395. The number of rotatable bonds is 4. The minimum Gasteiger partial charge on any atom is -0.744 e. The van der Waals surface area contributed by atoms with E-state index in [0.29, 0.717) is 11.4 Å². The Morgan fingerprint density at radius 1 is 0.880 bits per heavy atom. The number of methoxy groups -OCH3 is 1. The molecule has 0 atom stereocenters. The van der Waals surface area contributed by atoms with Crippen molar-refractivity contribution >= 4 is 32.3 Å². The molecule has 0 fully saturated rings. The fraction of sp³-hybridized carbons (Fsp3) is 0.0588. The van der Waals surface area contributed by atoms with Gasteiger partial charge >= 0.3 is 29.6 Å². The zero-order chi connectivity index (χ0) is 17.2. The average molecular weight is 364 g/mol. The third-order valence-corrected chi connectivity index (χ3v) is 4.33. The van der Waals surface area contributed by atoms with Gasteiger partial charge in [0.1, 0.15) is 15.9 Å². The molecule has 122 valence electrons. The van der Waals surface area contributed by atoms with Crippen molar-refractivity contribution in [3.05, 3.63) is 60.7 Å². The number of hydrogen-bond donors (Lipinski definition) is 0. The summed E-state index contributed by atoms with van der Waals surface area (Å²) in [5.41, 5.74) is 1.11. The first kappa shape index (κ1) is 19.6. The summed E-state index contributed by atoms with van der Waals surface area (Å²) in [6.07, 6.45) is 0. The van der Waals surface area contributed by atoms with E-state index < -0.39 is 10.1 Å². The predicted molar refractivity (Wildman–Crippen MR) is 89.1 cm³/mol. The van der Waals surface area contributed by atoms with E-state index in [4.69, 9.17) is 4.74 Å². The summed E-state index contributed by atoms with van der Waals surface area (Å²) in [6, 6.07) is 16.5. The third kappa shape index (κ3) is 4.45. The van der Waals surface area contributed by atoms with E-state index in [2.05, 4.69) is 10.2 Å². The van der Waals surface area contributed by atoms with Gasteiger partial charge in [-0.2, -0.15) is 5.11 Å². The maximum Gasteiger partial charge on any atom is 1.00 e. The molecule has 0 aliphatic heterocycles. The topological polar surface area (TPSA) is 91.2 Å². The Bertz CT molecular complexity index is 1020. The van der Waals surface area contributed by atoms with E-state index in [1.165, 1.54) is 24.3 Å². The molecule has 3 aromatic carbocycles. The minimum atomic E-state index is -4.46. The van der Waals surface area contributed by atoms with Crippen molar-refractivity contribution in [1.29, 1.82) is 0 Å². The fourth-order valence-electron chi connectivity index (χ4n) is 2.31. The van der Waals surface area contributed by atoms with Crippen LogP contribution in [0.2, 0.25) is 0 Å². The molecule has 0 heterocycles. The van der Waals surface area contributed by atoms with Crippen LogP contribution in [0.15, 0.2) is 75.8 Å². The number of ether oxygens (including phenoxy) is 1. The second kappa shape index (κ2) is 8.07. The van der Waals surface area contributed by atoms with Crippen LogP contribution in [0.25, 0.3) is 10.8 Å². The van der Waals surface area contributed by atoms with Gasteiger partial charge in [-0.15, -0.1) is 5.11 Å². The molecule has 3 rings (SSSR count). The number of nitrogens with zero attached hydrogens (tertiary/aromatic N) is 2. The summed E-state index contributed by atoms with van der Waals surface area (Å²) in [5, 5.41) is 10.1. The molecule has 8 heteroatoms. The molecule has 0 aromatic heterocycles. The maximum atomic E-state index is 10.9. The Kier molecular flexibility index (Phi) is 6.31. The first-order chi connectivity index (χ1) is 11.5. The van der Waals surface area contributed by atoms with Crippen LogP contribution < -0.4 is 34.3 Å². The molecule has 0 saturated heterocycles. The van der Waals surface area contributed by atoms with Gasteiger partial charge in [-0.25, -0.2) is 8.42 Å². The fourth-order valence-corrected chi connectivity index (χ4v) is 2.78. The number of azo groups is 1. The van der Waals surface area contributed by atoms with Crippen molar-refractivity contribution in [2.24, 2.45) is 10.2 Å². The van der Waals surface area contributed by atoms with Crippen LogP contribution in [0.1, 0.15) is 0 Å². The van der Waals surface area contributed by atoms with Gasteiger partial charge in [0.05, 0.1) is 23.4 Å². The van der Waals surface area contributed by atoms with Crippen molar-refractivity contribution in [2.45, 2.75) is 4.90 Å². The van der Waals surface area contributed by atoms with Gasteiger partial charge in [0.25, 0.3) is 0 Å². The SMILES string of the molecule is COc1ccc(N=Nc2ccc(S(=O)(=O)[O-])cc2)c2ccccc12.[Na+]. The molecule has 0 amide bonds. The van der Waals surface area contributed by atoms with Gasteiger partial charge in [-0.3, -0.25) is 0 Å². The van der Waals surface area contributed by atoms with Crippen molar-refractivity contribution in [3.63, 3.8) is 0 Å². The van der Waals surface area contributed by atoms with E-state index in [-0.39, 0.29) is 34.5 Å². The van der Waals surface area contributed by atoms with E-state index in [1.807, 2.05) is 30.3 Å². The van der Waals surface area contributed by atoms with Gasteiger partial charge in [-0.05, 0) is 36.4 Å². The van der Waals surface area contributed by atoms with Gasteiger partial charge in [0.15, 0.2) is 0 Å². The van der Waals surface area contributed by atoms with Crippen LogP contribution in [0.4, 0.5) is 11.4 Å². The first-order valence-corrected chi connectivity index (χ1v) is 8.43. The van der Waals surface area contributed by atoms with Crippen molar-refractivity contribution in [3.8, 4) is 5.75 Å². The molecule has 0 radical (unpaired) electrons. The number of hydrogen-bond acceptors (Lipinski definition) is 6. The Balaban J connectivity index is 0.00000225.